The van der Waals surface area contributed by atoms with E-state index in [1.807, 2.05) is 34.6 Å². The van der Waals surface area contributed by atoms with Gasteiger partial charge in [0.25, 0.3) is 0 Å². The lowest BCUT2D eigenvalue weighted by Gasteiger charge is -2.27. The molecule has 96 valence electrons. The molecule has 0 rings (SSSR count). The second-order valence-electron chi connectivity index (χ2n) is 5.06. The molecule has 0 aliphatic heterocycles. The summed E-state index contributed by atoms with van der Waals surface area (Å²) in [5, 5.41) is 0. The van der Waals surface area contributed by atoms with Crippen molar-refractivity contribution in [2.24, 2.45) is 0 Å². The van der Waals surface area contributed by atoms with E-state index >= 15 is 0 Å². The average molecular weight is 230 g/mol. The predicted octanol–water partition coefficient (Wildman–Crippen LogP) is 2.80. The van der Waals surface area contributed by atoms with E-state index in [0.29, 0.717) is 19.8 Å². The summed E-state index contributed by atoms with van der Waals surface area (Å²) in [6.07, 6.45) is 1.92. The van der Waals surface area contributed by atoms with Crippen LogP contribution >= 0.6 is 0 Å². The van der Waals surface area contributed by atoms with Crippen molar-refractivity contribution in [3.05, 3.63) is 12.7 Å². The topological polar surface area (TPSA) is 27.7 Å². The van der Waals surface area contributed by atoms with Crippen LogP contribution in [-0.2, 0) is 14.2 Å². The Hall–Kier alpha value is -0.380. The number of rotatable bonds is 8. The van der Waals surface area contributed by atoms with Gasteiger partial charge in [-0.25, -0.2) is 0 Å². The molecule has 0 amide bonds. The van der Waals surface area contributed by atoms with Crippen LogP contribution in [0.15, 0.2) is 12.7 Å². The molecule has 0 aliphatic rings. The SMILES string of the molecule is C=CCOCC(COC(C)C)OC(C)(C)C. The van der Waals surface area contributed by atoms with Crippen LogP contribution in [0.3, 0.4) is 0 Å². The summed E-state index contributed by atoms with van der Waals surface area (Å²) in [6, 6.07) is 0. The lowest BCUT2D eigenvalue weighted by atomic mass is 10.2. The molecule has 0 radical (unpaired) electrons. The van der Waals surface area contributed by atoms with Crippen molar-refractivity contribution in [1.82, 2.24) is 0 Å². The van der Waals surface area contributed by atoms with E-state index in [9.17, 15) is 0 Å². The highest BCUT2D eigenvalue weighted by molar-refractivity contribution is 4.68. The summed E-state index contributed by atoms with van der Waals surface area (Å²) in [5.74, 6) is 0. The molecule has 3 nitrogen and oxygen atoms in total. The van der Waals surface area contributed by atoms with Crippen LogP contribution in [0.5, 0.6) is 0 Å². The van der Waals surface area contributed by atoms with Crippen molar-refractivity contribution in [3.8, 4) is 0 Å². The first-order valence-electron chi connectivity index (χ1n) is 5.83. The standard InChI is InChI=1S/C13H26O3/c1-7-8-14-9-12(10-15-11(2)3)16-13(4,5)6/h7,11-12H,1,8-10H2,2-6H3. The number of ether oxygens (including phenoxy) is 3. The van der Waals surface area contributed by atoms with Crippen molar-refractivity contribution in [1.29, 1.82) is 0 Å². The molecule has 1 unspecified atom stereocenters. The number of hydrogen-bond acceptors (Lipinski definition) is 3. The second-order valence-corrected chi connectivity index (χ2v) is 5.06. The Morgan fingerprint density at radius 2 is 1.81 bits per heavy atom. The molecule has 0 aromatic heterocycles. The molecular formula is C13H26O3. The van der Waals surface area contributed by atoms with Crippen LogP contribution in [0.2, 0.25) is 0 Å². The summed E-state index contributed by atoms with van der Waals surface area (Å²) in [7, 11) is 0. The Morgan fingerprint density at radius 3 is 2.25 bits per heavy atom. The molecule has 0 spiro atoms. The van der Waals surface area contributed by atoms with Crippen LogP contribution < -0.4 is 0 Å². The third kappa shape index (κ3) is 10.1. The molecule has 0 aromatic rings. The first kappa shape index (κ1) is 15.6. The monoisotopic (exact) mass is 230 g/mol. The van der Waals surface area contributed by atoms with E-state index in [2.05, 4.69) is 6.58 Å². The van der Waals surface area contributed by atoms with Gasteiger partial charge in [-0.2, -0.15) is 0 Å². The van der Waals surface area contributed by atoms with Crippen LogP contribution in [0, 0.1) is 0 Å². The van der Waals surface area contributed by atoms with Crippen molar-refractivity contribution < 1.29 is 14.2 Å². The summed E-state index contributed by atoms with van der Waals surface area (Å²) in [6.45, 7) is 15.4. The highest BCUT2D eigenvalue weighted by Crippen LogP contribution is 2.12. The first-order chi connectivity index (χ1) is 7.35. The molecule has 0 aromatic carbocycles. The van der Waals surface area contributed by atoms with Gasteiger partial charge in [0, 0.05) is 0 Å². The molecule has 0 saturated carbocycles. The zero-order valence-corrected chi connectivity index (χ0v) is 11.3. The van der Waals surface area contributed by atoms with E-state index in [-0.39, 0.29) is 17.8 Å². The minimum absolute atomic E-state index is 0.0256. The highest BCUT2D eigenvalue weighted by Gasteiger charge is 2.19. The maximum Gasteiger partial charge on any atom is 0.105 e. The fraction of sp³-hybridized carbons (Fsp3) is 0.846. The fourth-order valence-electron chi connectivity index (χ4n) is 1.20. The third-order valence-corrected chi connectivity index (χ3v) is 1.68. The smallest absolute Gasteiger partial charge is 0.105 e. The Kier molecular flexibility index (Phi) is 7.64. The van der Waals surface area contributed by atoms with Gasteiger partial charge in [-0.1, -0.05) is 6.08 Å². The largest absolute Gasteiger partial charge is 0.376 e. The van der Waals surface area contributed by atoms with Gasteiger partial charge in [0.05, 0.1) is 31.5 Å². The molecule has 3 heteroatoms. The first-order valence-corrected chi connectivity index (χ1v) is 5.83. The molecule has 0 heterocycles. The van der Waals surface area contributed by atoms with E-state index in [1.165, 1.54) is 0 Å². The van der Waals surface area contributed by atoms with Crippen molar-refractivity contribution in [2.45, 2.75) is 52.4 Å². The van der Waals surface area contributed by atoms with E-state index in [0.717, 1.165) is 0 Å². The molecule has 0 aliphatic carbocycles. The summed E-state index contributed by atoms with van der Waals surface area (Å²) in [4.78, 5) is 0. The van der Waals surface area contributed by atoms with Crippen molar-refractivity contribution in [3.63, 3.8) is 0 Å². The molecule has 0 bridgehead atoms. The fourth-order valence-corrected chi connectivity index (χ4v) is 1.20. The molecule has 1 atom stereocenters. The minimum Gasteiger partial charge on any atom is -0.376 e. The third-order valence-electron chi connectivity index (χ3n) is 1.68. The maximum absolute atomic E-state index is 5.85. The van der Waals surface area contributed by atoms with E-state index < -0.39 is 0 Å². The molecule has 0 saturated heterocycles. The second kappa shape index (κ2) is 7.82. The van der Waals surface area contributed by atoms with Crippen LogP contribution in [0.1, 0.15) is 34.6 Å². The summed E-state index contributed by atoms with van der Waals surface area (Å²) < 4.78 is 16.8. The predicted molar refractivity (Wildman–Crippen MR) is 66.7 cm³/mol. The van der Waals surface area contributed by atoms with Crippen LogP contribution in [0.25, 0.3) is 0 Å². The Bertz CT molecular complexity index is 182. The van der Waals surface area contributed by atoms with Gasteiger partial charge in [-0.15, -0.1) is 6.58 Å². The van der Waals surface area contributed by atoms with E-state index in [4.69, 9.17) is 14.2 Å². The lowest BCUT2D eigenvalue weighted by molar-refractivity contribution is -0.124. The zero-order chi connectivity index (χ0) is 12.6. The van der Waals surface area contributed by atoms with Crippen molar-refractivity contribution >= 4 is 0 Å². The summed E-state index contributed by atoms with van der Waals surface area (Å²) in [5.41, 5.74) is -0.178. The zero-order valence-electron chi connectivity index (χ0n) is 11.3. The number of hydrogen-bond donors (Lipinski definition) is 0. The molecule has 16 heavy (non-hydrogen) atoms. The average Bonchev–Trinajstić information content (AvgIpc) is 2.12. The molecule has 0 N–H and O–H groups in total. The van der Waals surface area contributed by atoms with Gasteiger partial charge < -0.3 is 14.2 Å². The summed E-state index contributed by atoms with van der Waals surface area (Å²) >= 11 is 0. The Balaban J connectivity index is 4.00. The van der Waals surface area contributed by atoms with Gasteiger partial charge in [-0.05, 0) is 34.6 Å². The van der Waals surface area contributed by atoms with Gasteiger partial charge >= 0.3 is 0 Å². The Labute approximate surface area is 99.8 Å². The molecule has 0 fully saturated rings. The van der Waals surface area contributed by atoms with Crippen molar-refractivity contribution in [2.75, 3.05) is 19.8 Å². The molecular weight excluding hydrogens is 204 g/mol. The van der Waals surface area contributed by atoms with E-state index in [1.54, 1.807) is 6.08 Å². The van der Waals surface area contributed by atoms with Crippen LogP contribution in [-0.4, -0.2) is 37.6 Å². The quantitative estimate of drug-likeness (QED) is 0.474. The minimum atomic E-state index is -0.178. The lowest BCUT2D eigenvalue weighted by Crippen LogP contribution is -2.35. The van der Waals surface area contributed by atoms with Gasteiger partial charge in [0.1, 0.15) is 6.10 Å². The van der Waals surface area contributed by atoms with Gasteiger partial charge in [0.2, 0.25) is 0 Å². The highest BCUT2D eigenvalue weighted by atomic mass is 16.6. The van der Waals surface area contributed by atoms with Crippen LogP contribution in [0.4, 0.5) is 0 Å². The normalized spacial score (nSPS) is 14.1. The van der Waals surface area contributed by atoms with Gasteiger partial charge in [0.15, 0.2) is 0 Å². The van der Waals surface area contributed by atoms with Gasteiger partial charge in [-0.3, -0.25) is 0 Å². The Morgan fingerprint density at radius 1 is 1.19 bits per heavy atom. The maximum atomic E-state index is 5.85.